The van der Waals surface area contributed by atoms with E-state index < -0.39 is 18.0 Å². The number of rotatable bonds is 7. The summed E-state index contributed by atoms with van der Waals surface area (Å²) in [7, 11) is 0. The molecule has 1 fully saturated rings. The first-order chi connectivity index (χ1) is 9.49. The molecule has 0 aromatic carbocycles. The number of unbranched alkanes of at least 4 members (excludes halogenated alkanes) is 2. The number of carbonyl (C=O) groups excluding carboxylic acids is 2. The average Bonchev–Trinajstić information content (AvgIpc) is 2.69. The zero-order valence-corrected chi connectivity index (χ0v) is 16.7. The van der Waals surface area contributed by atoms with E-state index in [4.69, 9.17) is 0 Å². The fraction of sp³-hybridized carbons (Fsp3) is 0.714. The second kappa shape index (κ2) is 8.47. The van der Waals surface area contributed by atoms with Gasteiger partial charge in [-0.25, -0.2) is 0 Å². The molecule has 112 valence electrons. The minimum absolute atomic E-state index is 0. The first-order valence-electron chi connectivity index (χ1n) is 7.07. The zero-order chi connectivity index (χ0) is 14.9. The van der Waals surface area contributed by atoms with Gasteiger partial charge in [-0.1, -0.05) is 19.8 Å². The number of aliphatic hydroxyl groups excluding tert-OH is 1. The van der Waals surface area contributed by atoms with Gasteiger partial charge in [0.25, 0.3) is 0 Å². The van der Waals surface area contributed by atoms with Crippen molar-refractivity contribution in [2.24, 2.45) is 5.92 Å². The summed E-state index contributed by atoms with van der Waals surface area (Å²) in [5.41, 5.74) is 0.0263. The monoisotopic (exact) mass is 337 g/mol. The molecule has 21 heavy (non-hydrogen) atoms. The first kappa shape index (κ1) is 19.7. The predicted molar refractivity (Wildman–Crippen MR) is 74.4 cm³/mol. The summed E-state index contributed by atoms with van der Waals surface area (Å²) in [4.78, 5) is 25.3. The summed E-state index contributed by atoms with van der Waals surface area (Å²) >= 11 is 1.51. The molecule has 2 heterocycles. The molecule has 0 spiro atoms. The van der Waals surface area contributed by atoms with Crippen LogP contribution >= 0.6 is 11.8 Å². The first-order valence-corrected chi connectivity index (χ1v) is 8.06. The number of carbonyl (C=O) groups is 2. The topological polar surface area (TPSA) is 80.7 Å². The third-order valence-corrected chi connectivity index (χ3v) is 5.11. The Morgan fingerprint density at radius 1 is 1.52 bits per heavy atom. The van der Waals surface area contributed by atoms with E-state index in [0.717, 1.165) is 29.9 Å². The van der Waals surface area contributed by atoms with Crippen molar-refractivity contribution in [2.75, 3.05) is 5.75 Å². The summed E-state index contributed by atoms with van der Waals surface area (Å²) in [6.45, 7) is 3.69. The molecule has 2 aliphatic heterocycles. The number of carboxylic acids is 1. The molecule has 3 unspecified atom stereocenters. The molecular formula is C14H20KNO4S. The van der Waals surface area contributed by atoms with Gasteiger partial charge in [0.05, 0.1) is 29.7 Å². The molecule has 0 aliphatic carbocycles. The van der Waals surface area contributed by atoms with Crippen LogP contribution in [0.5, 0.6) is 0 Å². The van der Waals surface area contributed by atoms with E-state index in [1.54, 1.807) is 6.92 Å². The van der Waals surface area contributed by atoms with E-state index in [2.05, 4.69) is 6.92 Å². The van der Waals surface area contributed by atoms with Crippen LogP contribution in [-0.4, -0.2) is 39.8 Å². The van der Waals surface area contributed by atoms with E-state index in [0.29, 0.717) is 6.42 Å². The standard InChI is InChI=1S/C14H21NO4S.K/c1-3-4-5-6-20-10-7-9-11(8(2)16)13(17)15(9)12(10)14(18)19;/h8-9,11,16H,3-7H2,1-2H3,(H,18,19);/q;+1/p-1. The number of hydrogen-bond acceptors (Lipinski definition) is 5. The Balaban J connectivity index is 0.00000220. The normalized spacial score (nSPS) is 25.3. The Kier molecular flexibility index (Phi) is 7.94. The van der Waals surface area contributed by atoms with Crippen molar-refractivity contribution in [2.45, 2.75) is 51.7 Å². The number of nitrogens with zero attached hydrogens (tertiary/aromatic N) is 1. The van der Waals surface area contributed by atoms with Gasteiger partial charge < -0.3 is 19.9 Å². The number of amides is 1. The third kappa shape index (κ3) is 3.94. The van der Waals surface area contributed by atoms with Crippen LogP contribution in [0, 0.1) is 5.92 Å². The van der Waals surface area contributed by atoms with Gasteiger partial charge in [0, 0.05) is 11.3 Å². The molecule has 7 heteroatoms. The van der Waals surface area contributed by atoms with Gasteiger partial charge in [-0.15, -0.1) is 11.8 Å². The average molecular weight is 337 g/mol. The van der Waals surface area contributed by atoms with Crippen molar-refractivity contribution < 1.29 is 71.2 Å². The molecule has 5 nitrogen and oxygen atoms in total. The van der Waals surface area contributed by atoms with E-state index in [1.807, 2.05) is 0 Å². The van der Waals surface area contributed by atoms with Crippen LogP contribution in [0.4, 0.5) is 0 Å². The zero-order valence-electron chi connectivity index (χ0n) is 12.8. The van der Waals surface area contributed by atoms with Crippen LogP contribution < -0.4 is 56.5 Å². The molecule has 2 rings (SSSR count). The summed E-state index contributed by atoms with van der Waals surface area (Å²) in [6.07, 6.45) is 3.05. The number of aliphatic hydroxyl groups is 1. The largest absolute Gasteiger partial charge is 1.00 e. The van der Waals surface area contributed by atoms with Crippen molar-refractivity contribution in [1.82, 2.24) is 4.90 Å². The van der Waals surface area contributed by atoms with E-state index in [9.17, 15) is 19.8 Å². The summed E-state index contributed by atoms with van der Waals surface area (Å²) < 4.78 is 0. The van der Waals surface area contributed by atoms with E-state index in [1.165, 1.54) is 16.7 Å². The van der Waals surface area contributed by atoms with Crippen molar-refractivity contribution in [3.05, 3.63) is 10.6 Å². The van der Waals surface area contributed by atoms with E-state index in [-0.39, 0.29) is 69.0 Å². The van der Waals surface area contributed by atoms with Crippen molar-refractivity contribution in [1.29, 1.82) is 0 Å². The molecule has 1 N–H and O–H groups in total. The molecule has 1 amide bonds. The van der Waals surface area contributed by atoms with Crippen molar-refractivity contribution >= 4 is 23.6 Å². The van der Waals surface area contributed by atoms with Gasteiger partial charge in [-0.3, -0.25) is 4.79 Å². The van der Waals surface area contributed by atoms with Gasteiger partial charge in [-0.2, -0.15) is 0 Å². The molecule has 1 saturated heterocycles. The summed E-state index contributed by atoms with van der Waals surface area (Å²) in [5.74, 6) is -1.21. The molecule has 0 saturated carbocycles. The number of fused-ring (bicyclic) bond motifs is 1. The fourth-order valence-electron chi connectivity index (χ4n) is 2.90. The number of aliphatic carboxylic acids is 1. The molecule has 2 aliphatic rings. The van der Waals surface area contributed by atoms with Gasteiger partial charge in [0.15, 0.2) is 0 Å². The fourth-order valence-corrected chi connectivity index (χ4v) is 4.10. The number of thioether (sulfide) groups is 1. The van der Waals surface area contributed by atoms with Gasteiger partial charge >= 0.3 is 51.4 Å². The maximum absolute atomic E-state index is 12.0. The SMILES string of the molecule is CCCCCSC1=C(C(=O)[O-])N2C(=O)C(C(C)O)C2C1.[K+]. The van der Waals surface area contributed by atoms with Gasteiger partial charge in [0.2, 0.25) is 5.91 Å². The minimum atomic E-state index is -1.29. The number of carboxylic acid groups (broad SMARTS) is 1. The summed E-state index contributed by atoms with van der Waals surface area (Å²) in [5, 5.41) is 20.9. The Bertz CT molecular complexity index is 452. The number of β-lactam (4-membered cyclic amide) rings is 1. The molecule has 0 bridgehead atoms. The van der Waals surface area contributed by atoms with Crippen LogP contribution in [0.2, 0.25) is 0 Å². The molecular weight excluding hydrogens is 317 g/mol. The third-order valence-electron chi connectivity index (χ3n) is 3.91. The van der Waals surface area contributed by atoms with E-state index >= 15 is 0 Å². The van der Waals surface area contributed by atoms with Crippen molar-refractivity contribution in [3.8, 4) is 0 Å². The maximum Gasteiger partial charge on any atom is 1.00 e. The molecule has 0 aromatic heterocycles. The minimum Gasteiger partial charge on any atom is -0.543 e. The Morgan fingerprint density at radius 2 is 2.19 bits per heavy atom. The maximum atomic E-state index is 12.0. The Hall–Kier alpha value is 0.626. The summed E-state index contributed by atoms with van der Waals surface area (Å²) in [6, 6.07) is -0.205. The van der Waals surface area contributed by atoms with Gasteiger partial charge in [-0.05, 0) is 19.1 Å². The predicted octanol–water partition coefficient (Wildman–Crippen LogP) is -2.51. The number of hydrogen-bond donors (Lipinski definition) is 1. The second-order valence-electron chi connectivity index (χ2n) is 5.36. The smallest absolute Gasteiger partial charge is 0.543 e. The molecule has 0 radical (unpaired) electrons. The molecule has 3 atom stereocenters. The Morgan fingerprint density at radius 3 is 2.71 bits per heavy atom. The van der Waals surface area contributed by atoms with Gasteiger partial charge in [0.1, 0.15) is 0 Å². The Labute approximate surface area is 171 Å². The van der Waals surface area contributed by atoms with Crippen LogP contribution in [-0.2, 0) is 9.59 Å². The van der Waals surface area contributed by atoms with Crippen LogP contribution in [0.25, 0.3) is 0 Å². The van der Waals surface area contributed by atoms with Crippen LogP contribution in [0.3, 0.4) is 0 Å². The van der Waals surface area contributed by atoms with Crippen LogP contribution in [0.15, 0.2) is 10.6 Å². The van der Waals surface area contributed by atoms with Crippen LogP contribution in [0.1, 0.15) is 39.5 Å². The second-order valence-corrected chi connectivity index (χ2v) is 6.55. The molecule has 0 aromatic rings. The quantitative estimate of drug-likeness (QED) is 0.315. The van der Waals surface area contributed by atoms with Crippen molar-refractivity contribution in [3.63, 3.8) is 0 Å².